The van der Waals surface area contributed by atoms with Gasteiger partial charge in [0.05, 0.1) is 18.5 Å². The van der Waals surface area contributed by atoms with Crippen molar-refractivity contribution in [3.05, 3.63) is 90.5 Å². The number of benzene rings is 3. The molecule has 0 saturated heterocycles. The van der Waals surface area contributed by atoms with E-state index in [2.05, 4.69) is 5.32 Å². The number of nitrogens with zero attached hydrogens (tertiary/aromatic N) is 4. The van der Waals surface area contributed by atoms with Gasteiger partial charge in [0.25, 0.3) is 5.66 Å². The molecule has 3 aromatic rings. The van der Waals surface area contributed by atoms with E-state index in [1.165, 1.54) is 11.9 Å². The van der Waals surface area contributed by atoms with Crippen molar-refractivity contribution in [2.24, 2.45) is 5.10 Å². The summed E-state index contributed by atoms with van der Waals surface area (Å²) in [6.07, 6.45) is 0. The molecular formula is C28H31N5O3. The minimum absolute atomic E-state index is 0.367. The zero-order chi connectivity index (χ0) is 25.7. The topological polar surface area (TPSA) is 77.5 Å². The summed E-state index contributed by atoms with van der Waals surface area (Å²) in [6.45, 7) is 6.54. The maximum atomic E-state index is 14.6. The van der Waals surface area contributed by atoms with Gasteiger partial charge in [-0.05, 0) is 24.3 Å². The molecule has 186 valence electrons. The van der Waals surface area contributed by atoms with E-state index in [0.717, 1.165) is 0 Å². The van der Waals surface area contributed by atoms with Crippen LogP contribution >= 0.6 is 0 Å². The lowest BCUT2D eigenvalue weighted by Gasteiger charge is -2.47. The number of amides is 2. The number of ether oxygens (including phenoxy) is 1. The molecule has 0 bridgehead atoms. The molecule has 2 amide bonds. The Balaban J connectivity index is 2.07. The van der Waals surface area contributed by atoms with Crippen molar-refractivity contribution in [1.82, 2.24) is 10.3 Å². The normalized spacial score (nSPS) is 17.2. The van der Waals surface area contributed by atoms with Gasteiger partial charge < -0.3 is 10.1 Å². The molecule has 0 spiro atoms. The Bertz CT molecular complexity index is 1240. The summed E-state index contributed by atoms with van der Waals surface area (Å²) >= 11 is 0. The van der Waals surface area contributed by atoms with Crippen molar-refractivity contribution in [1.29, 1.82) is 0 Å². The number of hydrogen-bond donors (Lipinski definition) is 1. The minimum atomic E-state index is -1.68. The predicted molar refractivity (Wildman–Crippen MR) is 142 cm³/mol. The quantitative estimate of drug-likeness (QED) is 0.366. The van der Waals surface area contributed by atoms with E-state index in [0.29, 0.717) is 41.5 Å². The third kappa shape index (κ3) is 4.31. The van der Waals surface area contributed by atoms with Gasteiger partial charge in [-0.2, -0.15) is 10.1 Å². The van der Waals surface area contributed by atoms with Crippen molar-refractivity contribution in [3.63, 3.8) is 0 Å². The number of nitrogens with one attached hydrogen (secondary N) is 1. The van der Waals surface area contributed by atoms with Crippen molar-refractivity contribution in [2.75, 3.05) is 30.2 Å². The average molecular weight is 486 g/mol. The first-order valence-corrected chi connectivity index (χ1v) is 12.0. The minimum Gasteiger partial charge on any atom is -0.495 e. The Kier molecular flexibility index (Phi) is 7.36. The van der Waals surface area contributed by atoms with Crippen LogP contribution in [0.25, 0.3) is 0 Å². The van der Waals surface area contributed by atoms with Crippen LogP contribution in [0.5, 0.6) is 5.75 Å². The SMILES string of the molecule is CCN(CC)N(c1ccccc1OC)C1(NC(C)=O)C(=O)N(c2ccccc2)N=C1c1ccccc1. The van der Waals surface area contributed by atoms with Gasteiger partial charge >= 0.3 is 5.91 Å². The zero-order valence-corrected chi connectivity index (χ0v) is 21.0. The molecule has 0 radical (unpaired) electrons. The molecule has 1 N–H and O–H groups in total. The summed E-state index contributed by atoms with van der Waals surface area (Å²) in [6, 6.07) is 26.1. The number of carbonyl (C=O) groups is 2. The molecule has 4 rings (SSSR count). The lowest BCUT2D eigenvalue weighted by atomic mass is 9.94. The maximum Gasteiger partial charge on any atom is 0.302 e. The van der Waals surface area contributed by atoms with Gasteiger partial charge in [-0.15, -0.1) is 0 Å². The van der Waals surface area contributed by atoms with Gasteiger partial charge in [0.1, 0.15) is 11.5 Å². The van der Waals surface area contributed by atoms with Gasteiger partial charge in [-0.3, -0.25) is 14.6 Å². The van der Waals surface area contributed by atoms with Crippen LogP contribution in [0.1, 0.15) is 26.3 Å². The molecule has 1 aliphatic heterocycles. The number of anilines is 2. The van der Waals surface area contributed by atoms with E-state index < -0.39 is 11.6 Å². The van der Waals surface area contributed by atoms with E-state index in [9.17, 15) is 9.59 Å². The highest BCUT2D eigenvalue weighted by atomic mass is 16.5. The third-order valence-corrected chi connectivity index (χ3v) is 6.09. The van der Waals surface area contributed by atoms with Crippen LogP contribution in [-0.4, -0.2) is 48.4 Å². The zero-order valence-electron chi connectivity index (χ0n) is 21.0. The average Bonchev–Trinajstić information content (AvgIpc) is 3.19. The van der Waals surface area contributed by atoms with Crippen molar-refractivity contribution >= 4 is 28.9 Å². The first kappa shape index (κ1) is 24.9. The molecule has 1 unspecified atom stereocenters. The number of hydrazone groups is 1. The van der Waals surface area contributed by atoms with Gasteiger partial charge in [0.15, 0.2) is 0 Å². The lowest BCUT2D eigenvalue weighted by Crippen LogP contribution is -2.73. The second-order valence-electron chi connectivity index (χ2n) is 8.28. The first-order valence-electron chi connectivity index (χ1n) is 12.0. The molecule has 36 heavy (non-hydrogen) atoms. The molecule has 0 saturated carbocycles. The van der Waals surface area contributed by atoms with Crippen molar-refractivity contribution in [2.45, 2.75) is 26.4 Å². The third-order valence-electron chi connectivity index (χ3n) is 6.09. The maximum absolute atomic E-state index is 14.6. The van der Waals surface area contributed by atoms with Gasteiger partial charge in [-0.1, -0.05) is 74.5 Å². The molecule has 1 aliphatic rings. The van der Waals surface area contributed by atoms with Crippen LogP contribution in [0.15, 0.2) is 90.0 Å². The van der Waals surface area contributed by atoms with Crippen LogP contribution in [0, 0.1) is 0 Å². The highest BCUT2D eigenvalue weighted by Crippen LogP contribution is 2.40. The predicted octanol–water partition coefficient (Wildman–Crippen LogP) is 4.04. The molecular weight excluding hydrogens is 454 g/mol. The number of hydrazine groups is 1. The number of carbonyl (C=O) groups excluding carboxylic acids is 2. The Hall–Kier alpha value is -4.17. The van der Waals surface area contributed by atoms with Crippen LogP contribution in [0.3, 0.4) is 0 Å². The lowest BCUT2D eigenvalue weighted by molar-refractivity contribution is -0.129. The van der Waals surface area contributed by atoms with Crippen LogP contribution in [0.4, 0.5) is 11.4 Å². The largest absolute Gasteiger partial charge is 0.495 e. The number of para-hydroxylation sites is 3. The fourth-order valence-corrected chi connectivity index (χ4v) is 4.55. The summed E-state index contributed by atoms with van der Waals surface area (Å²) in [7, 11) is 1.59. The van der Waals surface area contributed by atoms with E-state index in [1.54, 1.807) is 7.11 Å². The first-order chi connectivity index (χ1) is 17.5. The van der Waals surface area contributed by atoms with Gasteiger partial charge in [0.2, 0.25) is 5.91 Å². The van der Waals surface area contributed by atoms with Crippen LogP contribution in [-0.2, 0) is 9.59 Å². The van der Waals surface area contributed by atoms with E-state index in [-0.39, 0.29) is 5.91 Å². The standard InChI is InChI=1S/C28H31N5O3/c1-5-31(6-2)33(24-19-13-14-20-25(24)36-4)28(29-21(3)34)26(22-15-9-7-10-16-22)30-32(27(28)35)23-17-11-8-12-18-23/h7-20H,5-6H2,1-4H3,(H,29,34). The highest BCUT2D eigenvalue weighted by Gasteiger charge is 2.59. The Morgan fingerprint density at radius 2 is 1.53 bits per heavy atom. The molecule has 1 atom stereocenters. The van der Waals surface area contributed by atoms with Crippen LogP contribution in [0.2, 0.25) is 0 Å². The molecule has 0 fully saturated rings. The van der Waals surface area contributed by atoms with E-state index >= 15 is 0 Å². The number of hydrogen-bond acceptors (Lipinski definition) is 6. The van der Waals surface area contributed by atoms with Crippen molar-refractivity contribution < 1.29 is 14.3 Å². The Morgan fingerprint density at radius 1 is 0.944 bits per heavy atom. The molecule has 8 heteroatoms. The molecule has 8 nitrogen and oxygen atoms in total. The summed E-state index contributed by atoms with van der Waals surface area (Å²) in [5, 5.41) is 13.1. The fourth-order valence-electron chi connectivity index (χ4n) is 4.55. The molecule has 0 aromatic heterocycles. The van der Waals surface area contributed by atoms with Crippen molar-refractivity contribution in [3.8, 4) is 5.75 Å². The Morgan fingerprint density at radius 3 is 2.11 bits per heavy atom. The molecule has 0 aliphatic carbocycles. The smallest absolute Gasteiger partial charge is 0.302 e. The second kappa shape index (κ2) is 10.6. The van der Waals surface area contributed by atoms with E-state index in [1.807, 2.05) is 109 Å². The second-order valence-corrected chi connectivity index (χ2v) is 8.28. The number of rotatable bonds is 9. The number of methoxy groups -OCH3 is 1. The van der Waals surface area contributed by atoms with E-state index in [4.69, 9.17) is 9.84 Å². The van der Waals surface area contributed by atoms with Gasteiger partial charge in [0, 0.05) is 25.6 Å². The van der Waals surface area contributed by atoms with Crippen LogP contribution < -0.4 is 20.1 Å². The Labute approximate surface area is 211 Å². The van der Waals surface area contributed by atoms with Gasteiger partial charge in [-0.25, -0.2) is 5.01 Å². The molecule has 1 heterocycles. The highest BCUT2D eigenvalue weighted by molar-refractivity contribution is 6.31. The summed E-state index contributed by atoms with van der Waals surface area (Å²) < 4.78 is 5.72. The fraction of sp³-hybridized carbons (Fsp3) is 0.250. The monoisotopic (exact) mass is 485 g/mol. The molecule has 3 aromatic carbocycles. The summed E-state index contributed by atoms with van der Waals surface area (Å²) in [5.74, 6) is -0.206. The summed E-state index contributed by atoms with van der Waals surface area (Å²) in [5.41, 5.74) is 0.672. The summed E-state index contributed by atoms with van der Waals surface area (Å²) in [4.78, 5) is 27.4.